The van der Waals surface area contributed by atoms with Crippen LogP contribution in [0.3, 0.4) is 0 Å². The summed E-state index contributed by atoms with van der Waals surface area (Å²) in [5.74, 6) is 0. The van der Waals surface area contributed by atoms with Gasteiger partial charge in [0.2, 0.25) is 0 Å². The van der Waals surface area contributed by atoms with E-state index in [1.54, 1.807) is 0 Å². The molecule has 0 atom stereocenters. The molecule has 3 heterocycles. The molecule has 92 valence electrons. The van der Waals surface area contributed by atoms with Crippen LogP contribution in [0, 0.1) is 0 Å². The molecule has 0 radical (unpaired) electrons. The number of anilines is 1. The summed E-state index contributed by atoms with van der Waals surface area (Å²) in [4.78, 5) is 11.1. The summed E-state index contributed by atoms with van der Waals surface area (Å²) in [5, 5.41) is 3.36. The van der Waals surface area contributed by atoms with Gasteiger partial charge in [0.15, 0.2) is 0 Å². The third kappa shape index (κ3) is 2.33. The third-order valence-electron chi connectivity index (χ3n) is 3.17. The molecular weight excluding hydrogens is 224 g/mol. The van der Waals surface area contributed by atoms with Crippen LogP contribution < -0.4 is 10.2 Å². The average Bonchev–Trinajstić information content (AvgIpc) is 2.49. The van der Waals surface area contributed by atoms with Crippen molar-refractivity contribution < 1.29 is 0 Å². The van der Waals surface area contributed by atoms with E-state index in [0.29, 0.717) is 0 Å². The normalized spacial score (nSPS) is 15.7. The summed E-state index contributed by atoms with van der Waals surface area (Å²) >= 11 is 0. The van der Waals surface area contributed by atoms with E-state index in [2.05, 4.69) is 26.3 Å². The molecule has 1 saturated heterocycles. The number of nitrogens with zero attached hydrogens (tertiary/aromatic N) is 3. The first kappa shape index (κ1) is 11.2. The standard InChI is InChI=1S/C14H16N4/c1-2-4-17-14(3-1)12-9-13(11-16-10-12)18-7-5-15-6-8-18/h1-4,9-11,15H,5-8H2. The van der Waals surface area contributed by atoms with Crippen molar-refractivity contribution in [3.8, 4) is 11.3 Å². The monoisotopic (exact) mass is 240 g/mol. The van der Waals surface area contributed by atoms with Crippen molar-refractivity contribution >= 4 is 5.69 Å². The van der Waals surface area contributed by atoms with Gasteiger partial charge in [0.25, 0.3) is 0 Å². The van der Waals surface area contributed by atoms with Crippen LogP contribution in [0.25, 0.3) is 11.3 Å². The van der Waals surface area contributed by atoms with Gasteiger partial charge in [-0.3, -0.25) is 9.97 Å². The van der Waals surface area contributed by atoms with E-state index in [4.69, 9.17) is 0 Å². The van der Waals surface area contributed by atoms with Crippen LogP contribution in [0.1, 0.15) is 0 Å². The second-order valence-corrected chi connectivity index (χ2v) is 4.38. The molecule has 1 aliphatic heterocycles. The van der Waals surface area contributed by atoms with Crippen LogP contribution in [0.2, 0.25) is 0 Å². The van der Waals surface area contributed by atoms with Crippen molar-refractivity contribution in [2.45, 2.75) is 0 Å². The molecule has 0 spiro atoms. The minimum atomic E-state index is 0.974. The predicted octanol–water partition coefficient (Wildman–Crippen LogP) is 1.55. The molecule has 0 aromatic carbocycles. The lowest BCUT2D eigenvalue weighted by molar-refractivity contribution is 0.589. The summed E-state index contributed by atoms with van der Waals surface area (Å²) in [5.41, 5.74) is 3.23. The van der Waals surface area contributed by atoms with E-state index in [1.165, 1.54) is 5.69 Å². The van der Waals surface area contributed by atoms with Crippen LogP contribution in [0.15, 0.2) is 42.9 Å². The Morgan fingerprint density at radius 3 is 2.78 bits per heavy atom. The number of hydrogen-bond acceptors (Lipinski definition) is 4. The maximum absolute atomic E-state index is 4.36. The number of rotatable bonds is 2. The molecule has 1 fully saturated rings. The Kier molecular flexibility index (Phi) is 3.19. The zero-order chi connectivity index (χ0) is 12.2. The van der Waals surface area contributed by atoms with Crippen molar-refractivity contribution in [2.75, 3.05) is 31.1 Å². The lowest BCUT2D eigenvalue weighted by Gasteiger charge is -2.29. The SMILES string of the molecule is c1ccc(-c2cncc(N3CCNCC3)c2)nc1. The zero-order valence-electron chi connectivity index (χ0n) is 10.2. The second-order valence-electron chi connectivity index (χ2n) is 4.38. The Bertz CT molecular complexity index is 506. The van der Waals surface area contributed by atoms with Gasteiger partial charge >= 0.3 is 0 Å². The highest BCUT2D eigenvalue weighted by Gasteiger charge is 2.11. The van der Waals surface area contributed by atoms with Gasteiger partial charge in [-0.2, -0.15) is 0 Å². The summed E-state index contributed by atoms with van der Waals surface area (Å²) in [7, 11) is 0. The molecule has 18 heavy (non-hydrogen) atoms. The highest BCUT2D eigenvalue weighted by Crippen LogP contribution is 2.21. The summed E-state index contributed by atoms with van der Waals surface area (Å²) in [6, 6.07) is 8.11. The van der Waals surface area contributed by atoms with Gasteiger partial charge < -0.3 is 10.2 Å². The van der Waals surface area contributed by atoms with Crippen molar-refractivity contribution in [1.82, 2.24) is 15.3 Å². The Morgan fingerprint density at radius 2 is 2.00 bits per heavy atom. The number of piperazine rings is 1. The third-order valence-corrected chi connectivity index (χ3v) is 3.17. The molecule has 0 unspecified atom stereocenters. The molecular formula is C14H16N4. The molecule has 4 heteroatoms. The molecule has 1 aliphatic rings. The first-order chi connectivity index (χ1) is 8.93. The molecule has 2 aromatic heterocycles. The summed E-state index contributed by atoms with van der Waals surface area (Å²) < 4.78 is 0. The average molecular weight is 240 g/mol. The maximum atomic E-state index is 4.36. The van der Waals surface area contributed by atoms with E-state index in [9.17, 15) is 0 Å². The number of pyridine rings is 2. The first-order valence-corrected chi connectivity index (χ1v) is 6.25. The van der Waals surface area contributed by atoms with E-state index in [-0.39, 0.29) is 0 Å². The largest absolute Gasteiger partial charge is 0.368 e. The zero-order valence-corrected chi connectivity index (χ0v) is 10.2. The highest BCUT2D eigenvalue weighted by molar-refractivity contribution is 5.63. The second kappa shape index (κ2) is 5.14. The highest BCUT2D eigenvalue weighted by atomic mass is 15.2. The van der Waals surface area contributed by atoms with Crippen molar-refractivity contribution in [1.29, 1.82) is 0 Å². The molecule has 4 nitrogen and oxygen atoms in total. The summed E-state index contributed by atoms with van der Waals surface area (Å²) in [6.45, 7) is 4.14. The maximum Gasteiger partial charge on any atom is 0.0718 e. The lowest BCUT2D eigenvalue weighted by Crippen LogP contribution is -2.43. The molecule has 3 rings (SSSR count). The molecule has 2 aromatic rings. The predicted molar refractivity (Wildman–Crippen MR) is 72.6 cm³/mol. The molecule has 0 bridgehead atoms. The van der Waals surface area contributed by atoms with E-state index < -0.39 is 0 Å². The topological polar surface area (TPSA) is 41.1 Å². The van der Waals surface area contributed by atoms with Gasteiger partial charge in [-0.15, -0.1) is 0 Å². The first-order valence-electron chi connectivity index (χ1n) is 6.25. The quantitative estimate of drug-likeness (QED) is 0.864. The van der Waals surface area contributed by atoms with E-state index in [1.807, 2.05) is 36.8 Å². The van der Waals surface area contributed by atoms with Crippen LogP contribution in [-0.4, -0.2) is 36.1 Å². The Morgan fingerprint density at radius 1 is 1.11 bits per heavy atom. The smallest absolute Gasteiger partial charge is 0.0718 e. The van der Waals surface area contributed by atoms with Gasteiger partial charge in [-0.1, -0.05) is 6.07 Å². The Hall–Kier alpha value is -1.94. The van der Waals surface area contributed by atoms with Crippen LogP contribution in [0.5, 0.6) is 0 Å². The lowest BCUT2D eigenvalue weighted by atomic mass is 10.1. The fourth-order valence-electron chi connectivity index (χ4n) is 2.20. The van der Waals surface area contributed by atoms with E-state index >= 15 is 0 Å². The Labute approximate surface area is 107 Å². The minimum absolute atomic E-state index is 0.974. The molecule has 0 amide bonds. The van der Waals surface area contributed by atoms with Gasteiger partial charge in [0.1, 0.15) is 0 Å². The Balaban J connectivity index is 1.89. The van der Waals surface area contributed by atoms with Crippen LogP contribution in [0.4, 0.5) is 5.69 Å². The van der Waals surface area contributed by atoms with Gasteiger partial charge in [0.05, 0.1) is 17.6 Å². The van der Waals surface area contributed by atoms with Crippen molar-refractivity contribution in [3.63, 3.8) is 0 Å². The fraction of sp³-hybridized carbons (Fsp3) is 0.286. The van der Waals surface area contributed by atoms with Gasteiger partial charge in [-0.25, -0.2) is 0 Å². The van der Waals surface area contributed by atoms with Gasteiger partial charge in [0, 0.05) is 44.1 Å². The number of hydrogen-bond donors (Lipinski definition) is 1. The number of aromatic nitrogens is 2. The van der Waals surface area contributed by atoms with Crippen molar-refractivity contribution in [3.05, 3.63) is 42.9 Å². The minimum Gasteiger partial charge on any atom is -0.368 e. The van der Waals surface area contributed by atoms with E-state index in [0.717, 1.165) is 37.4 Å². The number of nitrogens with one attached hydrogen (secondary N) is 1. The van der Waals surface area contributed by atoms with Crippen LogP contribution in [-0.2, 0) is 0 Å². The van der Waals surface area contributed by atoms with Gasteiger partial charge in [-0.05, 0) is 18.2 Å². The van der Waals surface area contributed by atoms with Crippen molar-refractivity contribution in [2.24, 2.45) is 0 Å². The molecule has 0 aliphatic carbocycles. The van der Waals surface area contributed by atoms with Crippen LogP contribution >= 0.6 is 0 Å². The molecule has 1 N–H and O–H groups in total. The fourth-order valence-corrected chi connectivity index (χ4v) is 2.20. The summed E-state index contributed by atoms with van der Waals surface area (Å²) in [6.07, 6.45) is 5.61. The molecule has 0 saturated carbocycles.